The van der Waals surface area contributed by atoms with Crippen LogP contribution in [0.25, 0.3) is 0 Å². The van der Waals surface area contributed by atoms with Gasteiger partial charge < -0.3 is 24.7 Å². The molecule has 0 saturated carbocycles. The summed E-state index contributed by atoms with van der Waals surface area (Å²) >= 11 is 0. The average Bonchev–Trinajstić information content (AvgIpc) is 3.41. The number of nitrogens with zero attached hydrogens (tertiary/aromatic N) is 3. The lowest BCUT2D eigenvalue weighted by molar-refractivity contribution is 0.105. The minimum absolute atomic E-state index is 0. The lowest BCUT2D eigenvalue weighted by atomic mass is 10.2. The van der Waals surface area contributed by atoms with Gasteiger partial charge in [-0.1, -0.05) is 0 Å². The van der Waals surface area contributed by atoms with E-state index < -0.39 is 0 Å². The zero-order valence-electron chi connectivity index (χ0n) is 16.4. The molecule has 3 heterocycles. The van der Waals surface area contributed by atoms with E-state index >= 15 is 0 Å². The Morgan fingerprint density at radius 1 is 1.29 bits per heavy atom. The summed E-state index contributed by atoms with van der Waals surface area (Å²) in [6, 6.07) is 7.99. The SMILES string of the molecule is CN=C(NCCCOCc1ccco1)NCc1ccnc(N2CCCC2)c1.I. The first-order chi connectivity index (χ1) is 13.3. The maximum Gasteiger partial charge on any atom is 0.191 e. The van der Waals surface area contributed by atoms with Crippen LogP contribution in [0.1, 0.15) is 30.6 Å². The molecule has 1 saturated heterocycles. The van der Waals surface area contributed by atoms with Crippen molar-refractivity contribution in [2.24, 2.45) is 4.99 Å². The molecule has 8 heteroatoms. The number of ether oxygens (including phenoxy) is 1. The van der Waals surface area contributed by atoms with E-state index in [1.54, 1.807) is 13.3 Å². The van der Waals surface area contributed by atoms with E-state index in [4.69, 9.17) is 9.15 Å². The van der Waals surface area contributed by atoms with Crippen LogP contribution in [0.3, 0.4) is 0 Å². The van der Waals surface area contributed by atoms with Gasteiger partial charge in [-0.05, 0) is 49.1 Å². The van der Waals surface area contributed by atoms with Gasteiger partial charge in [0.25, 0.3) is 0 Å². The minimum Gasteiger partial charge on any atom is -0.467 e. The maximum atomic E-state index is 5.58. The first-order valence-electron chi connectivity index (χ1n) is 9.59. The van der Waals surface area contributed by atoms with Gasteiger partial charge in [-0.25, -0.2) is 4.98 Å². The third-order valence-corrected chi connectivity index (χ3v) is 4.51. The lowest BCUT2D eigenvalue weighted by Crippen LogP contribution is -2.37. The maximum absolute atomic E-state index is 5.58. The zero-order chi connectivity index (χ0) is 18.7. The molecular formula is C20H30IN5O2. The predicted octanol–water partition coefficient (Wildman–Crippen LogP) is 3.16. The number of guanidine groups is 1. The summed E-state index contributed by atoms with van der Waals surface area (Å²) in [5.41, 5.74) is 1.21. The van der Waals surface area contributed by atoms with Crippen molar-refractivity contribution < 1.29 is 9.15 Å². The molecule has 0 unspecified atom stereocenters. The van der Waals surface area contributed by atoms with Gasteiger partial charge in [0, 0.05) is 46.0 Å². The number of halogens is 1. The molecule has 3 rings (SSSR count). The van der Waals surface area contributed by atoms with Crippen LogP contribution in [0, 0.1) is 0 Å². The monoisotopic (exact) mass is 499 g/mol. The first kappa shape index (κ1) is 22.5. The summed E-state index contributed by atoms with van der Waals surface area (Å²) in [7, 11) is 1.78. The van der Waals surface area contributed by atoms with Gasteiger partial charge in [-0.3, -0.25) is 4.99 Å². The van der Waals surface area contributed by atoms with Gasteiger partial charge in [0.1, 0.15) is 18.2 Å². The Morgan fingerprint density at radius 2 is 2.14 bits per heavy atom. The second-order valence-corrected chi connectivity index (χ2v) is 6.55. The molecule has 1 aliphatic rings. The number of rotatable bonds is 9. The third kappa shape index (κ3) is 7.31. The van der Waals surface area contributed by atoms with Crippen molar-refractivity contribution in [1.29, 1.82) is 0 Å². The molecule has 2 N–H and O–H groups in total. The standard InChI is InChI=1S/C20H29N5O2.HI/c1-21-20(23-8-5-12-26-16-18-6-4-13-27-18)24-15-17-7-9-22-19(14-17)25-10-2-3-11-25;/h4,6-7,9,13-14H,2-3,5,8,10-12,15-16H2,1H3,(H2,21,23,24);1H. The van der Waals surface area contributed by atoms with Crippen molar-refractivity contribution in [3.05, 3.63) is 48.0 Å². The molecule has 28 heavy (non-hydrogen) atoms. The Hall–Kier alpha value is -1.81. The van der Waals surface area contributed by atoms with E-state index in [1.807, 2.05) is 24.4 Å². The summed E-state index contributed by atoms with van der Waals surface area (Å²) in [6.45, 7) is 4.92. The largest absolute Gasteiger partial charge is 0.467 e. The molecule has 2 aromatic rings. The van der Waals surface area contributed by atoms with E-state index in [2.05, 4.69) is 31.6 Å². The van der Waals surface area contributed by atoms with E-state index in [0.717, 1.165) is 50.1 Å². The zero-order valence-corrected chi connectivity index (χ0v) is 18.7. The number of nitrogens with one attached hydrogen (secondary N) is 2. The fraction of sp³-hybridized carbons (Fsp3) is 0.500. The minimum atomic E-state index is 0. The highest BCUT2D eigenvalue weighted by Crippen LogP contribution is 2.18. The summed E-state index contributed by atoms with van der Waals surface area (Å²) in [6.07, 6.45) is 6.96. The lowest BCUT2D eigenvalue weighted by Gasteiger charge is -2.17. The van der Waals surface area contributed by atoms with Crippen LogP contribution >= 0.6 is 24.0 Å². The van der Waals surface area contributed by atoms with Gasteiger partial charge in [-0.2, -0.15) is 0 Å². The van der Waals surface area contributed by atoms with Gasteiger partial charge in [0.15, 0.2) is 5.96 Å². The number of hydrogen-bond acceptors (Lipinski definition) is 5. The number of pyridine rings is 1. The molecule has 0 radical (unpaired) electrons. The number of furan rings is 1. The van der Waals surface area contributed by atoms with Crippen LogP contribution in [0.4, 0.5) is 5.82 Å². The molecule has 0 aliphatic carbocycles. The van der Waals surface area contributed by atoms with Crippen LogP contribution in [-0.2, 0) is 17.9 Å². The van der Waals surface area contributed by atoms with Crippen LogP contribution in [0.15, 0.2) is 46.1 Å². The smallest absolute Gasteiger partial charge is 0.191 e. The van der Waals surface area contributed by atoms with E-state index in [-0.39, 0.29) is 24.0 Å². The topological polar surface area (TPSA) is 74.9 Å². The van der Waals surface area contributed by atoms with Crippen molar-refractivity contribution in [2.75, 3.05) is 38.2 Å². The van der Waals surface area contributed by atoms with E-state index in [9.17, 15) is 0 Å². The van der Waals surface area contributed by atoms with Crippen LogP contribution in [0.2, 0.25) is 0 Å². The summed E-state index contributed by atoms with van der Waals surface area (Å²) in [5.74, 6) is 2.72. The Kier molecular flexibility index (Phi) is 10.1. The molecule has 0 atom stereocenters. The molecule has 0 bridgehead atoms. The molecule has 2 aromatic heterocycles. The van der Waals surface area contributed by atoms with Crippen molar-refractivity contribution in [1.82, 2.24) is 15.6 Å². The van der Waals surface area contributed by atoms with Crippen LogP contribution < -0.4 is 15.5 Å². The normalized spacial score (nSPS) is 14.0. The Balaban J connectivity index is 0.00000280. The number of anilines is 1. The van der Waals surface area contributed by atoms with Crippen LogP contribution in [-0.4, -0.2) is 44.2 Å². The van der Waals surface area contributed by atoms with Crippen molar-refractivity contribution in [3.63, 3.8) is 0 Å². The molecule has 1 fully saturated rings. The first-order valence-corrected chi connectivity index (χ1v) is 9.59. The predicted molar refractivity (Wildman–Crippen MR) is 122 cm³/mol. The number of hydrogen-bond donors (Lipinski definition) is 2. The van der Waals surface area contributed by atoms with E-state index in [0.29, 0.717) is 13.2 Å². The molecular weight excluding hydrogens is 469 g/mol. The molecule has 0 amide bonds. The Morgan fingerprint density at radius 3 is 2.89 bits per heavy atom. The third-order valence-electron chi connectivity index (χ3n) is 4.51. The summed E-state index contributed by atoms with van der Waals surface area (Å²) in [5, 5.41) is 6.67. The van der Waals surface area contributed by atoms with Crippen LogP contribution in [0.5, 0.6) is 0 Å². The number of aromatic nitrogens is 1. The van der Waals surface area contributed by atoms with Crippen molar-refractivity contribution >= 4 is 35.8 Å². The summed E-state index contributed by atoms with van der Waals surface area (Å²) < 4.78 is 10.8. The average molecular weight is 499 g/mol. The van der Waals surface area contributed by atoms with Gasteiger partial charge in [-0.15, -0.1) is 24.0 Å². The quantitative estimate of drug-likeness (QED) is 0.239. The fourth-order valence-corrected chi connectivity index (χ4v) is 3.04. The highest BCUT2D eigenvalue weighted by atomic mass is 127. The highest BCUT2D eigenvalue weighted by molar-refractivity contribution is 14.0. The second-order valence-electron chi connectivity index (χ2n) is 6.55. The summed E-state index contributed by atoms with van der Waals surface area (Å²) in [4.78, 5) is 11.1. The van der Waals surface area contributed by atoms with Gasteiger partial charge in [0.05, 0.1) is 6.26 Å². The van der Waals surface area contributed by atoms with Gasteiger partial charge >= 0.3 is 0 Å². The molecule has 1 aliphatic heterocycles. The van der Waals surface area contributed by atoms with Crippen molar-refractivity contribution in [2.45, 2.75) is 32.4 Å². The van der Waals surface area contributed by atoms with Crippen molar-refractivity contribution in [3.8, 4) is 0 Å². The molecule has 0 spiro atoms. The fourth-order valence-electron chi connectivity index (χ4n) is 3.04. The molecule has 0 aromatic carbocycles. The number of aliphatic imine (C=N–C) groups is 1. The second kappa shape index (κ2) is 12.6. The Bertz CT molecular complexity index is 702. The van der Waals surface area contributed by atoms with E-state index in [1.165, 1.54) is 18.4 Å². The Labute approximate surface area is 184 Å². The molecule has 7 nitrogen and oxygen atoms in total. The van der Waals surface area contributed by atoms with Gasteiger partial charge in [0.2, 0.25) is 0 Å². The highest BCUT2D eigenvalue weighted by Gasteiger charge is 2.13. The molecule has 154 valence electrons.